The van der Waals surface area contributed by atoms with E-state index in [1.807, 2.05) is 24.4 Å². The van der Waals surface area contributed by atoms with E-state index in [9.17, 15) is 9.59 Å². The van der Waals surface area contributed by atoms with E-state index in [2.05, 4.69) is 59.8 Å². The van der Waals surface area contributed by atoms with Gasteiger partial charge in [-0.05, 0) is 41.7 Å². The summed E-state index contributed by atoms with van der Waals surface area (Å²) in [5.41, 5.74) is 3.55. The molecule has 3 aromatic rings. The fourth-order valence-corrected chi connectivity index (χ4v) is 4.26. The Morgan fingerprint density at radius 1 is 1.07 bits per heavy atom. The third-order valence-electron chi connectivity index (χ3n) is 5.03. The van der Waals surface area contributed by atoms with E-state index in [4.69, 9.17) is 0 Å². The molecule has 2 amide bonds. The Morgan fingerprint density at radius 2 is 1.80 bits per heavy atom. The van der Waals surface area contributed by atoms with Crippen LogP contribution in [0.1, 0.15) is 37.8 Å². The molecule has 0 aliphatic heterocycles. The van der Waals surface area contributed by atoms with E-state index in [1.165, 1.54) is 23.4 Å². The Labute approximate surface area is 182 Å². The van der Waals surface area contributed by atoms with Gasteiger partial charge in [0.15, 0.2) is 0 Å². The lowest BCUT2D eigenvalue weighted by Crippen LogP contribution is -2.48. The fraction of sp³-hybridized carbons (Fsp3) is 0.333. The predicted octanol–water partition coefficient (Wildman–Crippen LogP) is 4.25. The number of amides is 2. The van der Waals surface area contributed by atoms with Crippen molar-refractivity contribution in [2.24, 2.45) is 0 Å². The highest BCUT2D eigenvalue weighted by atomic mass is 32.2. The monoisotopic (exact) mass is 423 g/mol. The molecule has 3 rings (SSSR count). The number of carbonyl (C=O) groups is 2. The van der Waals surface area contributed by atoms with Gasteiger partial charge in [0.05, 0.1) is 0 Å². The summed E-state index contributed by atoms with van der Waals surface area (Å²) in [5, 5.41) is 6.92. The predicted molar refractivity (Wildman–Crippen MR) is 124 cm³/mol. The number of H-pyrrole nitrogens is 1. The molecule has 0 bridgehead atoms. The van der Waals surface area contributed by atoms with Crippen LogP contribution in [0.3, 0.4) is 0 Å². The lowest BCUT2D eigenvalue weighted by Gasteiger charge is -2.17. The van der Waals surface area contributed by atoms with E-state index in [-0.39, 0.29) is 11.8 Å². The summed E-state index contributed by atoms with van der Waals surface area (Å²) in [5.74, 6) is 0.609. The molecule has 1 heterocycles. The molecule has 0 saturated carbocycles. The number of nitrogens with one attached hydrogen (secondary N) is 3. The van der Waals surface area contributed by atoms with Crippen LogP contribution in [0.25, 0.3) is 10.9 Å². The van der Waals surface area contributed by atoms with Gasteiger partial charge in [-0.15, -0.1) is 11.8 Å². The van der Waals surface area contributed by atoms with Crippen molar-refractivity contribution in [2.45, 2.75) is 44.0 Å². The second kappa shape index (κ2) is 10.3. The average molecular weight is 424 g/mol. The number of rotatable bonds is 9. The van der Waals surface area contributed by atoms with Crippen molar-refractivity contribution in [1.82, 2.24) is 15.6 Å². The van der Waals surface area contributed by atoms with Gasteiger partial charge in [0, 0.05) is 41.2 Å². The van der Waals surface area contributed by atoms with Crippen LogP contribution in [0.15, 0.2) is 59.6 Å². The molecule has 0 aliphatic rings. The molecule has 2 aromatic carbocycles. The number of hydrogen-bond donors (Lipinski definition) is 3. The lowest BCUT2D eigenvalue weighted by atomic mass is 10.0. The minimum atomic E-state index is -0.569. The minimum Gasteiger partial charge on any atom is -0.361 e. The van der Waals surface area contributed by atoms with Crippen LogP contribution in [0.4, 0.5) is 0 Å². The minimum absolute atomic E-state index is 0.156. The number of aromatic nitrogens is 1. The smallest absolute Gasteiger partial charge is 0.243 e. The first kappa shape index (κ1) is 22.0. The van der Waals surface area contributed by atoms with Crippen molar-refractivity contribution < 1.29 is 9.59 Å². The topological polar surface area (TPSA) is 74.0 Å². The number of hydrogen-bond acceptors (Lipinski definition) is 3. The third kappa shape index (κ3) is 5.89. The zero-order valence-electron chi connectivity index (χ0n) is 17.7. The van der Waals surface area contributed by atoms with E-state index in [0.29, 0.717) is 18.2 Å². The molecule has 1 unspecified atom stereocenters. The Morgan fingerprint density at radius 3 is 2.50 bits per heavy atom. The summed E-state index contributed by atoms with van der Waals surface area (Å²) in [6.07, 6.45) is 2.71. The van der Waals surface area contributed by atoms with Crippen LogP contribution in [0.2, 0.25) is 0 Å². The second-order valence-corrected chi connectivity index (χ2v) is 8.78. The zero-order valence-corrected chi connectivity index (χ0v) is 18.5. The van der Waals surface area contributed by atoms with Crippen molar-refractivity contribution in [3.8, 4) is 0 Å². The molecule has 0 aliphatic carbocycles. The molecule has 0 fully saturated rings. The zero-order chi connectivity index (χ0) is 21.5. The molecule has 30 heavy (non-hydrogen) atoms. The van der Waals surface area contributed by atoms with Crippen LogP contribution in [0.5, 0.6) is 0 Å². The van der Waals surface area contributed by atoms with Gasteiger partial charge in [-0.3, -0.25) is 9.59 Å². The third-order valence-corrected chi connectivity index (χ3v) is 6.13. The summed E-state index contributed by atoms with van der Waals surface area (Å²) in [4.78, 5) is 28.6. The number of benzene rings is 2. The van der Waals surface area contributed by atoms with Gasteiger partial charge in [-0.25, -0.2) is 0 Å². The maximum atomic E-state index is 12.7. The second-order valence-electron chi connectivity index (χ2n) is 7.69. The highest BCUT2D eigenvalue weighted by molar-refractivity contribution is 7.99. The van der Waals surface area contributed by atoms with Crippen LogP contribution in [-0.4, -0.2) is 35.1 Å². The van der Waals surface area contributed by atoms with Gasteiger partial charge in [0.1, 0.15) is 6.04 Å². The molecule has 1 atom stereocenters. The highest BCUT2D eigenvalue weighted by Crippen LogP contribution is 2.22. The Kier molecular flexibility index (Phi) is 7.57. The summed E-state index contributed by atoms with van der Waals surface area (Å²) in [6.45, 7) is 6.28. The van der Waals surface area contributed by atoms with Gasteiger partial charge in [-0.2, -0.15) is 0 Å². The largest absolute Gasteiger partial charge is 0.361 e. The summed E-state index contributed by atoms with van der Waals surface area (Å²) in [6, 6.07) is 15.9. The molecule has 3 N–H and O–H groups in total. The van der Waals surface area contributed by atoms with Crippen LogP contribution in [-0.2, 0) is 16.0 Å². The fourth-order valence-electron chi connectivity index (χ4n) is 3.34. The van der Waals surface area contributed by atoms with Crippen LogP contribution in [0, 0.1) is 0 Å². The van der Waals surface area contributed by atoms with Gasteiger partial charge in [0.2, 0.25) is 11.8 Å². The van der Waals surface area contributed by atoms with Crippen molar-refractivity contribution in [2.75, 3.05) is 12.3 Å². The van der Waals surface area contributed by atoms with Crippen LogP contribution >= 0.6 is 11.8 Å². The number of para-hydroxylation sites is 1. The first-order valence-electron chi connectivity index (χ1n) is 10.3. The quantitative estimate of drug-likeness (QED) is 0.451. The van der Waals surface area contributed by atoms with Gasteiger partial charge < -0.3 is 15.6 Å². The first-order chi connectivity index (χ1) is 14.4. The molecule has 0 radical (unpaired) electrons. The Bertz CT molecular complexity index is 995. The van der Waals surface area contributed by atoms with E-state index < -0.39 is 6.04 Å². The van der Waals surface area contributed by atoms with Gasteiger partial charge >= 0.3 is 0 Å². The molecule has 6 heteroatoms. The van der Waals surface area contributed by atoms with Crippen LogP contribution < -0.4 is 10.6 Å². The van der Waals surface area contributed by atoms with E-state index in [0.717, 1.165) is 16.8 Å². The molecule has 0 spiro atoms. The van der Waals surface area contributed by atoms with Gasteiger partial charge in [-0.1, -0.05) is 44.2 Å². The average Bonchev–Trinajstić information content (AvgIpc) is 3.14. The lowest BCUT2D eigenvalue weighted by molar-refractivity contribution is -0.127. The number of aromatic amines is 1. The molecule has 0 saturated heterocycles. The van der Waals surface area contributed by atoms with Gasteiger partial charge in [0.25, 0.3) is 0 Å². The maximum Gasteiger partial charge on any atom is 0.243 e. The molecular formula is C24H29N3O2S. The molecule has 158 valence electrons. The van der Waals surface area contributed by atoms with Crippen molar-refractivity contribution >= 4 is 34.5 Å². The number of carbonyl (C=O) groups excluding carboxylic acids is 2. The standard InChI is InChI=1S/C24H29N3O2S/c1-16(2)18-8-10-20(11-9-18)30-15-23(27-17(3)28)24(29)25-13-12-19-14-26-22-7-5-4-6-21(19)22/h4-11,14,16,23,26H,12-13,15H2,1-3H3,(H,25,29)(H,27,28). The number of thioether (sulfide) groups is 1. The SMILES string of the molecule is CC(=O)NC(CSc1ccc(C(C)C)cc1)C(=O)NCCc1c[nH]c2ccccc12. The number of fused-ring (bicyclic) bond motifs is 1. The molecule has 1 aromatic heterocycles. The van der Waals surface area contributed by atoms with E-state index in [1.54, 1.807) is 11.8 Å². The summed E-state index contributed by atoms with van der Waals surface area (Å²) < 4.78 is 0. The maximum absolute atomic E-state index is 12.7. The first-order valence-corrected chi connectivity index (χ1v) is 11.2. The summed E-state index contributed by atoms with van der Waals surface area (Å²) >= 11 is 1.57. The molecular weight excluding hydrogens is 394 g/mol. The summed E-state index contributed by atoms with van der Waals surface area (Å²) in [7, 11) is 0. The normalized spacial score (nSPS) is 12.1. The Hall–Kier alpha value is -2.73. The van der Waals surface area contributed by atoms with Crippen molar-refractivity contribution in [3.63, 3.8) is 0 Å². The Balaban J connectivity index is 1.54. The molecule has 5 nitrogen and oxygen atoms in total. The van der Waals surface area contributed by atoms with E-state index >= 15 is 0 Å². The van der Waals surface area contributed by atoms with Crippen molar-refractivity contribution in [3.05, 3.63) is 65.9 Å². The highest BCUT2D eigenvalue weighted by Gasteiger charge is 2.19. The van der Waals surface area contributed by atoms with Crippen molar-refractivity contribution in [1.29, 1.82) is 0 Å².